The van der Waals surface area contributed by atoms with Crippen molar-refractivity contribution in [3.05, 3.63) is 28.6 Å². The van der Waals surface area contributed by atoms with Crippen LogP contribution >= 0.6 is 15.9 Å². The Morgan fingerprint density at radius 2 is 2.21 bits per heavy atom. The Kier molecular flexibility index (Phi) is 4.55. The zero-order valence-corrected chi connectivity index (χ0v) is 12.7. The molecule has 1 aromatic carbocycles. The van der Waals surface area contributed by atoms with E-state index in [1.54, 1.807) is 7.11 Å². The van der Waals surface area contributed by atoms with E-state index in [1.807, 2.05) is 25.2 Å². The average molecular weight is 326 g/mol. The van der Waals surface area contributed by atoms with Gasteiger partial charge in [-0.3, -0.25) is 0 Å². The second kappa shape index (κ2) is 6.16. The van der Waals surface area contributed by atoms with Gasteiger partial charge in [-0.25, -0.2) is 0 Å². The van der Waals surface area contributed by atoms with Crippen LogP contribution in [-0.4, -0.2) is 24.4 Å². The molecule has 0 amide bonds. The second-order valence-corrected chi connectivity index (χ2v) is 4.90. The topological polar surface area (TPSA) is 60.2 Å². The Labute approximate surface area is 120 Å². The Balaban J connectivity index is 2.30. The van der Waals surface area contributed by atoms with Crippen LogP contribution in [-0.2, 0) is 0 Å². The molecule has 1 unspecified atom stereocenters. The molecule has 0 fully saturated rings. The molecule has 0 bridgehead atoms. The van der Waals surface area contributed by atoms with E-state index in [0.29, 0.717) is 11.8 Å². The molecule has 0 aliphatic rings. The molecule has 19 heavy (non-hydrogen) atoms. The Bertz CT molecular complexity index is 553. The molecule has 0 saturated carbocycles. The van der Waals surface area contributed by atoms with Crippen LogP contribution in [0.2, 0.25) is 0 Å². The number of hydrogen-bond acceptors (Lipinski definition) is 5. The van der Waals surface area contributed by atoms with Crippen LogP contribution in [0.15, 0.2) is 27.1 Å². The number of methoxy groups -OCH3 is 1. The van der Waals surface area contributed by atoms with Crippen LogP contribution in [0.25, 0.3) is 11.5 Å². The van der Waals surface area contributed by atoms with E-state index in [9.17, 15) is 0 Å². The van der Waals surface area contributed by atoms with Gasteiger partial charge >= 0.3 is 0 Å². The fraction of sp³-hybridized carbons (Fsp3) is 0.385. The first-order chi connectivity index (χ1) is 9.19. The number of ether oxygens (including phenoxy) is 1. The maximum Gasteiger partial charge on any atom is 0.247 e. The third-order valence-corrected chi connectivity index (χ3v) is 3.51. The first-order valence-electron chi connectivity index (χ1n) is 6.04. The number of nitrogens with one attached hydrogen (secondary N) is 1. The van der Waals surface area contributed by atoms with Crippen LogP contribution in [0.5, 0.6) is 5.75 Å². The summed E-state index contributed by atoms with van der Waals surface area (Å²) in [4.78, 5) is 0. The second-order valence-electron chi connectivity index (χ2n) is 4.04. The maximum absolute atomic E-state index is 5.70. The highest BCUT2D eigenvalue weighted by molar-refractivity contribution is 9.10. The van der Waals surface area contributed by atoms with E-state index in [-0.39, 0.29) is 6.04 Å². The summed E-state index contributed by atoms with van der Waals surface area (Å²) in [5, 5.41) is 11.3. The molecule has 1 aromatic heterocycles. The van der Waals surface area contributed by atoms with Gasteiger partial charge in [-0.2, -0.15) is 0 Å². The van der Waals surface area contributed by atoms with Crippen molar-refractivity contribution in [2.75, 3.05) is 14.2 Å². The quantitative estimate of drug-likeness (QED) is 0.914. The van der Waals surface area contributed by atoms with Gasteiger partial charge in [0.05, 0.1) is 17.6 Å². The van der Waals surface area contributed by atoms with Gasteiger partial charge in [0.1, 0.15) is 5.75 Å². The lowest BCUT2D eigenvalue weighted by atomic mass is 10.2. The van der Waals surface area contributed by atoms with Crippen molar-refractivity contribution in [1.82, 2.24) is 15.5 Å². The summed E-state index contributed by atoms with van der Waals surface area (Å²) in [5.74, 6) is 1.88. The number of rotatable bonds is 5. The van der Waals surface area contributed by atoms with E-state index in [1.165, 1.54) is 0 Å². The summed E-state index contributed by atoms with van der Waals surface area (Å²) in [7, 11) is 3.51. The molecule has 0 spiro atoms. The lowest BCUT2D eigenvalue weighted by molar-refractivity contribution is 0.411. The highest BCUT2D eigenvalue weighted by Crippen LogP contribution is 2.30. The molecule has 1 heterocycles. The van der Waals surface area contributed by atoms with Crippen molar-refractivity contribution in [1.29, 1.82) is 0 Å². The Hall–Kier alpha value is -1.40. The van der Waals surface area contributed by atoms with Crippen molar-refractivity contribution in [3.63, 3.8) is 0 Å². The predicted molar refractivity (Wildman–Crippen MR) is 76.1 cm³/mol. The largest absolute Gasteiger partial charge is 0.496 e. The molecule has 0 saturated heterocycles. The van der Waals surface area contributed by atoms with E-state index in [0.717, 1.165) is 22.2 Å². The van der Waals surface area contributed by atoms with Crippen LogP contribution in [0.4, 0.5) is 0 Å². The van der Waals surface area contributed by atoms with Crippen molar-refractivity contribution < 1.29 is 9.15 Å². The van der Waals surface area contributed by atoms with Crippen molar-refractivity contribution in [3.8, 4) is 17.2 Å². The third kappa shape index (κ3) is 2.96. The fourth-order valence-electron chi connectivity index (χ4n) is 1.79. The van der Waals surface area contributed by atoms with E-state index >= 15 is 0 Å². The monoisotopic (exact) mass is 325 g/mol. The van der Waals surface area contributed by atoms with Gasteiger partial charge in [0, 0.05) is 5.56 Å². The predicted octanol–water partition coefficient (Wildman–Crippen LogP) is 3.18. The summed E-state index contributed by atoms with van der Waals surface area (Å²) < 4.78 is 11.7. The minimum Gasteiger partial charge on any atom is -0.496 e. The normalized spacial score (nSPS) is 12.4. The lowest BCUT2D eigenvalue weighted by Gasteiger charge is -2.07. The molecular formula is C13H16BrN3O2. The van der Waals surface area contributed by atoms with Crippen molar-refractivity contribution in [2.45, 2.75) is 19.4 Å². The maximum atomic E-state index is 5.70. The highest BCUT2D eigenvalue weighted by Gasteiger charge is 2.16. The molecular weight excluding hydrogens is 310 g/mol. The highest BCUT2D eigenvalue weighted by atomic mass is 79.9. The van der Waals surface area contributed by atoms with Crippen LogP contribution in [0, 0.1) is 0 Å². The van der Waals surface area contributed by atoms with E-state index in [2.05, 4.69) is 38.4 Å². The molecule has 2 rings (SSSR count). The molecule has 1 atom stereocenters. The molecule has 6 heteroatoms. The standard InChI is InChI=1S/C13H16BrN3O2/c1-4-10(15-2)13-17-16-12(19-13)8-5-6-11(18-3)9(14)7-8/h5-7,10,15H,4H2,1-3H3. The molecule has 0 radical (unpaired) electrons. The first kappa shape index (κ1) is 14.0. The zero-order chi connectivity index (χ0) is 13.8. The smallest absolute Gasteiger partial charge is 0.247 e. The van der Waals surface area contributed by atoms with Gasteiger partial charge in [0.25, 0.3) is 0 Å². The number of aromatic nitrogens is 2. The van der Waals surface area contributed by atoms with Gasteiger partial charge in [-0.1, -0.05) is 6.92 Å². The summed E-state index contributed by atoms with van der Waals surface area (Å²) in [6, 6.07) is 5.74. The average Bonchev–Trinajstić information content (AvgIpc) is 2.90. The van der Waals surface area contributed by atoms with Gasteiger partial charge in [0.15, 0.2) is 0 Å². The van der Waals surface area contributed by atoms with Crippen LogP contribution in [0.1, 0.15) is 25.3 Å². The van der Waals surface area contributed by atoms with Crippen LogP contribution < -0.4 is 10.1 Å². The Morgan fingerprint density at radius 1 is 1.42 bits per heavy atom. The SMILES string of the molecule is CCC(NC)c1nnc(-c2ccc(OC)c(Br)c2)o1. The lowest BCUT2D eigenvalue weighted by Crippen LogP contribution is -2.15. The number of halogens is 1. The van der Waals surface area contributed by atoms with Crippen molar-refractivity contribution in [2.24, 2.45) is 0 Å². The molecule has 0 aliphatic carbocycles. The fourth-order valence-corrected chi connectivity index (χ4v) is 2.33. The van der Waals surface area contributed by atoms with Gasteiger partial charge < -0.3 is 14.5 Å². The summed E-state index contributed by atoms with van der Waals surface area (Å²) in [6.07, 6.45) is 0.893. The van der Waals surface area contributed by atoms with Gasteiger partial charge in [-0.15, -0.1) is 10.2 Å². The third-order valence-electron chi connectivity index (χ3n) is 2.89. The van der Waals surface area contributed by atoms with Gasteiger partial charge in [-0.05, 0) is 47.6 Å². The van der Waals surface area contributed by atoms with Crippen molar-refractivity contribution >= 4 is 15.9 Å². The Morgan fingerprint density at radius 3 is 2.79 bits per heavy atom. The molecule has 102 valence electrons. The van der Waals surface area contributed by atoms with Crippen LogP contribution in [0.3, 0.4) is 0 Å². The minimum absolute atomic E-state index is 0.0861. The van der Waals surface area contributed by atoms with E-state index in [4.69, 9.17) is 9.15 Å². The molecule has 0 aliphatic heterocycles. The van der Waals surface area contributed by atoms with E-state index < -0.39 is 0 Å². The van der Waals surface area contributed by atoms with Gasteiger partial charge in [0.2, 0.25) is 11.8 Å². The minimum atomic E-state index is 0.0861. The first-order valence-corrected chi connectivity index (χ1v) is 6.83. The number of hydrogen-bond donors (Lipinski definition) is 1. The summed E-state index contributed by atoms with van der Waals surface area (Å²) >= 11 is 3.44. The summed E-state index contributed by atoms with van der Waals surface area (Å²) in [5.41, 5.74) is 0.859. The molecule has 5 nitrogen and oxygen atoms in total. The summed E-state index contributed by atoms with van der Waals surface area (Å²) in [6.45, 7) is 2.06. The molecule has 2 aromatic rings. The zero-order valence-electron chi connectivity index (χ0n) is 11.1. The number of nitrogens with zero attached hydrogens (tertiary/aromatic N) is 2. The number of benzene rings is 1. The molecule has 1 N–H and O–H groups in total.